The number of amides is 1. The van der Waals surface area contributed by atoms with Crippen LogP contribution in [0.25, 0.3) is 0 Å². The minimum absolute atomic E-state index is 0.0110. The van der Waals surface area contributed by atoms with E-state index >= 15 is 0 Å². The van der Waals surface area contributed by atoms with E-state index in [4.69, 9.17) is 0 Å². The molecule has 2 heterocycles. The van der Waals surface area contributed by atoms with Crippen LogP contribution in [0.5, 0.6) is 0 Å². The van der Waals surface area contributed by atoms with Crippen LogP contribution in [0.4, 0.5) is 5.82 Å². The molecule has 0 aromatic carbocycles. The zero-order valence-electron chi connectivity index (χ0n) is 16.5. The van der Waals surface area contributed by atoms with Gasteiger partial charge in [0, 0.05) is 51.9 Å². The summed E-state index contributed by atoms with van der Waals surface area (Å²) in [5.41, 5.74) is 0. The largest absolute Gasteiger partial charge is 0.353 e. The van der Waals surface area contributed by atoms with Crippen LogP contribution in [-0.4, -0.2) is 99.6 Å². The highest BCUT2D eigenvalue weighted by molar-refractivity contribution is 7.88. The highest BCUT2D eigenvalue weighted by Gasteiger charge is 2.23. The van der Waals surface area contributed by atoms with Gasteiger partial charge in [-0.2, -0.15) is 0 Å². The van der Waals surface area contributed by atoms with Gasteiger partial charge >= 0.3 is 0 Å². The molecule has 1 aliphatic heterocycles. The van der Waals surface area contributed by atoms with E-state index in [0.717, 1.165) is 31.9 Å². The van der Waals surface area contributed by atoms with Crippen molar-refractivity contribution in [1.82, 2.24) is 19.1 Å². The zero-order valence-corrected chi connectivity index (χ0v) is 17.4. The first-order valence-corrected chi connectivity index (χ1v) is 11.2. The predicted molar refractivity (Wildman–Crippen MR) is 107 cm³/mol. The molecule has 2 rings (SSSR count). The number of rotatable bonds is 9. The molecule has 0 atom stereocenters. The van der Waals surface area contributed by atoms with Crippen molar-refractivity contribution in [3.05, 3.63) is 24.4 Å². The summed E-state index contributed by atoms with van der Waals surface area (Å²) in [6.45, 7) is 4.24. The van der Waals surface area contributed by atoms with Gasteiger partial charge in [-0.1, -0.05) is 6.07 Å². The Labute approximate surface area is 162 Å². The summed E-state index contributed by atoms with van der Waals surface area (Å²) >= 11 is 0. The topological polar surface area (TPSA) is 77.1 Å². The summed E-state index contributed by atoms with van der Waals surface area (Å²) in [5, 5.41) is 0. The lowest BCUT2D eigenvalue weighted by Gasteiger charge is -2.35. The zero-order chi connectivity index (χ0) is 19.9. The molecular formula is C18H31N5O3S. The molecule has 9 heteroatoms. The van der Waals surface area contributed by atoms with E-state index in [1.54, 1.807) is 6.20 Å². The Hall–Kier alpha value is -1.71. The van der Waals surface area contributed by atoms with Crippen molar-refractivity contribution in [2.24, 2.45) is 0 Å². The summed E-state index contributed by atoms with van der Waals surface area (Å²) in [6.07, 6.45) is 3.94. The van der Waals surface area contributed by atoms with Crippen molar-refractivity contribution in [3.63, 3.8) is 0 Å². The number of anilines is 1. The number of carbonyl (C=O) groups is 1. The van der Waals surface area contributed by atoms with Gasteiger partial charge in [0.1, 0.15) is 5.82 Å². The van der Waals surface area contributed by atoms with Crippen molar-refractivity contribution in [1.29, 1.82) is 0 Å². The number of nitrogens with zero attached hydrogens (tertiary/aromatic N) is 5. The number of pyridine rings is 1. The van der Waals surface area contributed by atoms with Crippen molar-refractivity contribution >= 4 is 21.7 Å². The third-order valence-electron chi connectivity index (χ3n) is 4.66. The number of piperazine rings is 1. The Balaban J connectivity index is 1.80. The fourth-order valence-electron chi connectivity index (χ4n) is 3.11. The minimum Gasteiger partial charge on any atom is -0.353 e. The maximum absolute atomic E-state index is 12.5. The van der Waals surface area contributed by atoms with Gasteiger partial charge in [-0.25, -0.2) is 17.7 Å². The molecule has 0 saturated carbocycles. The maximum atomic E-state index is 12.5. The molecule has 8 nitrogen and oxygen atoms in total. The molecule has 1 fully saturated rings. The maximum Gasteiger partial charge on any atom is 0.224 e. The minimum atomic E-state index is -3.31. The molecule has 0 aliphatic carbocycles. The van der Waals surface area contributed by atoms with E-state index in [1.165, 1.54) is 10.6 Å². The second-order valence-electron chi connectivity index (χ2n) is 7.12. The normalized spacial score (nSPS) is 15.6. The smallest absolute Gasteiger partial charge is 0.224 e. The molecule has 0 unspecified atom stereocenters. The summed E-state index contributed by atoms with van der Waals surface area (Å²) in [5.74, 6) is 0.936. The number of aromatic nitrogens is 1. The van der Waals surface area contributed by atoms with Gasteiger partial charge in [0.25, 0.3) is 0 Å². The van der Waals surface area contributed by atoms with Gasteiger partial charge in [-0.05, 0) is 39.2 Å². The van der Waals surface area contributed by atoms with E-state index in [1.807, 2.05) is 42.1 Å². The highest BCUT2D eigenvalue weighted by atomic mass is 32.2. The van der Waals surface area contributed by atoms with E-state index < -0.39 is 10.0 Å². The first kappa shape index (κ1) is 21.6. The molecule has 27 heavy (non-hydrogen) atoms. The molecule has 0 bridgehead atoms. The summed E-state index contributed by atoms with van der Waals surface area (Å²) in [6, 6.07) is 5.81. The lowest BCUT2D eigenvalue weighted by atomic mass is 10.2. The Morgan fingerprint density at radius 3 is 2.37 bits per heavy atom. The molecule has 1 saturated heterocycles. The third-order valence-corrected chi connectivity index (χ3v) is 5.97. The molecule has 152 valence electrons. The Kier molecular flexibility index (Phi) is 8.00. The first-order valence-electron chi connectivity index (χ1n) is 9.31. The van der Waals surface area contributed by atoms with Gasteiger partial charge in [0.15, 0.2) is 0 Å². The Bertz CT molecular complexity index is 688. The van der Waals surface area contributed by atoms with E-state index in [2.05, 4.69) is 9.88 Å². The number of hydrogen-bond donors (Lipinski definition) is 0. The van der Waals surface area contributed by atoms with Crippen LogP contribution in [0.2, 0.25) is 0 Å². The van der Waals surface area contributed by atoms with Crippen LogP contribution in [0, 0.1) is 0 Å². The lowest BCUT2D eigenvalue weighted by Crippen LogP contribution is -2.49. The monoisotopic (exact) mass is 397 g/mol. The number of hydrogen-bond acceptors (Lipinski definition) is 6. The highest BCUT2D eigenvalue weighted by Crippen LogP contribution is 2.13. The van der Waals surface area contributed by atoms with Gasteiger partial charge in [0.2, 0.25) is 15.9 Å². The molecular weight excluding hydrogens is 366 g/mol. The summed E-state index contributed by atoms with van der Waals surface area (Å²) in [7, 11) is 0.608. The Morgan fingerprint density at radius 2 is 1.81 bits per heavy atom. The van der Waals surface area contributed by atoms with Crippen LogP contribution in [0.1, 0.15) is 12.8 Å². The van der Waals surface area contributed by atoms with Crippen LogP contribution < -0.4 is 4.90 Å². The molecule has 0 spiro atoms. The predicted octanol–water partition coefficient (Wildman–Crippen LogP) is 0.334. The number of sulfonamides is 1. The van der Waals surface area contributed by atoms with Crippen LogP contribution in [-0.2, 0) is 14.8 Å². The van der Waals surface area contributed by atoms with Crippen molar-refractivity contribution in [2.75, 3.05) is 71.1 Å². The first-order chi connectivity index (χ1) is 12.8. The van der Waals surface area contributed by atoms with Crippen molar-refractivity contribution in [2.45, 2.75) is 12.8 Å². The van der Waals surface area contributed by atoms with E-state index in [0.29, 0.717) is 19.6 Å². The number of carbonyl (C=O) groups excluding carboxylic acids is 1. The van der Waals surface area contributed by atoms with Crippen molar-refractivity contribution < 1.29 is 13.2 Å². The van der Waals surface area contributed by atoms with Gasteiger partial charge in [0.05, 0.1) is 6.26 Å². The SMILES string of the molecule is CN(C)CCCN(CCC(=O)N1CCN(c2ccccn2)CC1)S(C)(=O)=O. The fraction of sp³-hybridized carbons (Fsp3) is 0.667. The van der Waals surface area contributed by atoms with Crippen LogP contribution >= 0.6 is 0 Å². The summed E-state index contributed by atoms with van der Waals surface area (Å²) < 4.78 is 25.4. The average Bonchev–Trinajstić information content (AvgIpc) is 2.64. The molecule has 0 radical (unpaired) electrons. The molecule has 1 aromatic rings. The summed E-state index contributed by atoms with van der Waals surface area (Å²) in [4.78, 5) is 22.9. The lowest BCUT2D eigenvalue weighted by molar-refractivity contribution is -0.131. The van der Waals surface area contributed by atoms with Crippen LogP contribution in [0.15, 0.2) is 24.4 Å². The fourth-order valence-corrected chi connectivity index (χ4v) is 3.99. The van der Waals surface area contributed by atoms with Gasteiger partial charge in [-0.3, -0.25) is 4.79 Å². The van der Waals surface area contributed by atoms with Crippen LogP contribution in [0.3, 0.4) is 0 Å². The van der Waals surface area contributed by atoms with Gasteiger partial charge in [-0.15, -0.1) is 0 Å². The van der Waals surface area contributed by atoms with Crippen molar-refractivity contribution in [3.8, 4) is 0 Å². The van der Waals surface area contributed by atoms with Gasteiger partial charge < -0.3 is 14.7 Å². The standard InChI is InChI=1S/C18H31N5O3S/c1-20(2)10-6-11-23(27(3,25)26)12-8-18(24)22-15-13-21(14-16-22)17-7-4-5-9-19-17/h4-5,7,9H,6,8,10-16H2,1-3H3. The third kappa shape index (κ3) is 7.08. The second kappa shape index (κ2) is 10.0. The Morgan fingerprint density at radius 1 is 1.11 bits per heavy atom. The molecule has 1 aliphatic rings. The molecule has 1 aromatic heterocycles. The van der Waals surface area contributed by atoms with E-state index in [9.17, 15) is 13.2 Å². The quantitative estimate of drug-likeness (QED) is 0.598. The van der Waals surface area contributed by atoms with E-state index in [-0.39, 0.29) is 18.9 Å². The molecule has 1 amide bonds. The molecule has 0 N–H and O–H groups in total. The average molecular weight is 398 g/mol. The second-order valence-corrected chi connectivity index (χ2v) is 9.11.